The molecule has 0 aromatic carbocycles. The average Bonchev–Trinajstić information content (AvgIpc) is 2.57. The van der Waals surface area contributed by atoms with Crippen molar-refractivity contribution in [3.8, 4) is 0 Å². The Hall–Kier alpha value is 0.280. The van der Waals surface area contributed by atoms with E-state index in [1.54, 1.807) is 0 Å². The Bertz CT molecular complexity index is 504. The molecule has 1 atom stereocenters. The minimum absolute atomic E-state index is 0. The summed E-state index contributed by atoms with van der Waals surface area (Å²) in [6.07, 6.45) is 19.7. The summed E-state index contributed by atoms with van der Waals surface area (Å²) in [5, 5.41) is 0. The zero-order valence-corrected chi connectivity index (χ0v) is 17.5. The van der Waals surface area contributed by atoms with Crippen molar-refractivity contribution in [3.63, 3.8) is 0 Å². The Labute approximate surface area is 189 Å². The number of nitrogens with two attached hydrogens (primary N) is 1. The number of ketones is 1. The summed E-state index contributed by atoms with van der Waals surface area (Å²) >= 11 is 0. The first-order valence-electron chi connectivity index (χ1n) is 10.2. The van der Waals surface area contributed by atoms with Crippen molar-refractivity contribution in [1.29, 1.82) is 0 Å². The fourth-order valence-corrected chi connectivity index (χ4v) is 3.14. The Kier molecular flexibility index (Phi) is 18.7. The van der Waals surface area contributed by atoms with Crippen LogP contribution in [0.2, 0.25) is 0 Å². The average molecular weight is 414 g/mol. The molecule has 0 aromatic rings. The van der Waals surface area contributed by atoms with Gasteiger partial charge in [-0.25, -0.2) is 0 Å². The van der Waals surface area contributed by atoms with Gasteiger partial charge in [0.05, 0.1) is 0 Å². The molecule has 5 nitrogen and oxygen atoms in total. The molecule has 1 unspecified atom stereocenters. The van der Waals surface area contributed by atoms with Crippen LogP contribution in [0.25, 0.3) is 0 Å². The van der Waals surface area contributed by atoms with Crippen LogP contribution in [0.4, 0.5) is 0 Å². The second kappa shape index (κ2) is 17.2. The molecule has 0 radical (unpaired) electrons. The molecule has 0 bridgehead atoms. The van der Waals surface area contributed by atoms with Crippen LogP contribution in [0.3, 0.4) is 0 Å². The van der Waals surface area contributed by atoms with Crippen molar-refractivity contribution in [1.82, 2.24) is 0 Å². The summed E-state index contributed by atoms with van der Waals surface area (Å²) in [5.74, 6) is -0.627. The Morgan fingerprint density at radius 2 is 1.30 bits per heavy atom. The summed E-state index contributed by atoms with van der Waals surface area (Å²) < 4.78 is 31.1. The van der Waals surface area contributed by atoms with Crippen LogP contribution in [0.5, 0.6) is 0 Å². The molecule has 0 fully saturated rings. The van der Waals surface area contributed by atoms with E-state index in [1.807, 2.05) is 0 Å². The van der Waals surface area contributed by atoms with Crippen molar-refractivity contribution in [2.45, 2.75) is 109 Å². The van der Waals surface area contributed by atoms with Crippen LogP contribution in [-0.4, -0.2) is 53.2 Å². The monoisotopic (exact) mass is 413 g/mol. The third kappa shape index (κ3) is 14.9. The van der Waals surface area contributed by atoms with Gasteiger partial charge < -0.3 is 5.73 Å². The van der Waals surface area contributed by atoms with Gasteiger partial charge in [0.25, 0.3) is 10.1 Å². The standard InChI is InChI=1S/C20H39NO4S.Na.H/c1-3-4-5-6-7-8-9-10-11-12-13-14-15-16-17-18-19(22)20(2,21)26(23,24)25;;/h10-11H,3-9,12-18,21H2,1-2H3,(H,23,24,25);;/b11-10-;;. The molecule has 7 heteroatoms. The normalized spacial score (nSPS) is 14.1. The molecule has 0 aromatic heterocycles. The predicted octanol–water partition coefficient (Wildman–Crippen LogP) is 4.51. The van der Waals surface area contributed by atoms with Gasteiger partial charge in [-0.15, -0.1) is 0 Å². The number of carbonyl (C=O) groups is 1. The molecular formula is C20H40NNaO4S. The van der Waals surface area contributed by atoms with Gasteiger partial charge in [-0.2, -0.15) is 8.42 Å². The molecule has 0 saturated carbocycles. The third-order valence-electron chi connectivity index (χ3n) is 4.76. The summed E-state index contributed by atoms with van der Waals surface area (Å²) in [5.41, 5.74) is 5.40. The molecule has 0 rings (SSSR count). The van der Waals surface area contributed by atoms with Gasteiger partial charge in [-0.1, -0.05) is 70.4 Å². The summed E-state index contributed by atoms with van der Waals surface area (Å²) in [4.78, 5) is 9.59. The van der Waals surface area contributed by atoms with Gasteiger partial charge in [0.1, 0.15) is 0 Å². The molecule has 156 valence electrons. The van der Waals surface area contributed by atoms with Crippen molar-refractivity contribution >= 4 is 45.5 Å². The van der Waals surface area contributed by atoms with Gasteiger partial charge in [0, 0.05) is 6.42 Å². The molecule has 0 amide bonds. The van der Waals surface area contributed by atoms with E-state index in [0.29, 0.717) is 6.42 Å². The molecule has 0 spiro atoms. The molecule has 0 saturated heterocycles. The number of unbranched alkanes of at least 4 members (excludes halogenated alkanes) is 11. The molecular weight excluding hydrogens is 373 g/mol. The van der Waals surface area contributed by atoms with Crippen molar-refractivity contribution in [3.05, 3.63) is 12.2 Å². The van der Waals surface area contributed by atoms with Crippen LogP contribution in [0, 0.1) is 0 Å². The number of hydrogen-bond donors (Lipinski definition) is 2. The van der Waals surface area contributed by atoms with E-state index in [0.717, 1.165) is 39.0 Å². The number of carbonyl (C=O) groups excluding carboxylic acids is 1. The van der Waals surface area contributed by atoms with Crippen LogP contribution in [0.1, 0.15) is 104 Å². The maximum atomic E-state index is 11.8. The topological polar surface area (TPSA) is 97.5 Å². The van der Waals surface area contributed by atoms with E-state index in [2.05, 4.69) is 19.1 Å². The zero-order valence-electron chi connectivity index (χ0n) is 16.7. The number of rotatable bonds is 17. The first-order chi connectivity index (χ1) is 12.2. The SMILES string of the molecule is CCCCCCCC/C=C\CCCCCCCC(=O)C(C)(N)S(=O)(=O)O.[NaH]. The second-order valence-electron chi connectivity index (χ2n) is 7.34. The van der Waals surface area contributed by atoms with Crippen LogP contribution in [0.15, 0.2) is 12.2 Å². The van der Waals surface area contributed by atoms with Gasteiger partial charge in [-0.05, 0) is 39.0 Å². The first kappa shape index (κ1) is 29.5. The van der Waals surface area contributed by atoms with Crippen LogP contribution < -0.4 is 5.73 Å². The molecule has 0 aliphatic rings. The fraction of sp³-hybridized carbons (Fsp3) is 0.850. The summed E-state index contributed by atoms with van der Waals surface area (Å²) in [6.45, 7) is 3.28. The van der Waals surface area contributed by atoms with Gasteiger partial charge in [0.2, 0.25) is 0 Å². The molecule has 0 heterocycles. The fourth-order valence-electron chi connectivity index (χ4n) is 2.75. The summed E-state index contributed by atoms with van der Waals surface area (Å²) in [7, 11) is -4.55. The van der Waals surface area contributed by atoms with Crippen molar-refractivity contribution in [2.75, 3.05) is 0 Å². The van der Waals surface area contributed by atoms with Gasteiger partial charge >= 0.3 is 29.6 Å². The molecule has 3 N–H and O–H groups in total. The van der Waals surface area contributed by atoms with Gasteiger partial charge in [0.15, 0.2) is 10.7 Å². The molecule has 0 aliphatic heterocycles. The third-order valence-corrected chi connectivity index (χ3v) is 6.05. The number of hydrogen-bond acceptors (Lipinski definition) is 4. The Morgan fingerprint density at radius 1 is 0.889 bits per heavy atom. The number of allylic oxidation sites excluding steroid dienone is 2. The van der Waals surface area contributed by atoms with Crippen LogP contribution in [-0.2, 0) is 14.9 Å². The van der Waals surface area contributed by atoms with E-state index < -0.39 is 20.8 Å². The van der Waals surface area contributed by atoms with Crippen molar-refractivity contribution < 1.29 is 17.8 Å². The van der Waals surface area contributed by atoms with E-state index in [-0.39, 0.29) is 36.0 Å². The van der Waals surface area contributed by atoms with Crippen molar-refractivity contribution in [2.24, 2.45) is 5.73 Å². The van der Waals surface area contributed by atoms with E-state index in [1.165, 1.54) is 44.9 Å². The maximum absolute atomic E-state index is 11.8. The van der Waals surface area contributed by atoms with E-state index >= 15 is 0 Å². The molecule has 27 heavy (non-hydrogen) atoms. The van der Waals surface area contributed by atoms with Crippen LogP contribution >= 0.6 is 0 Å². The van der Waals surface area contributed by atoms with E-state index in [4.69, 9.17) is 10.3 Å². The van der Waals surface area contributed by atoms with E-state index in [9.17, 15) is 13.2 Å². The first-order valence-corrected chi connectivity index (χ1v) is 11.6. The predicted molar refractivity (Wildman–Crippen MR) is 116 cm³/mol. The van der Waals surface area contributed by atoms with Gasteiger partial charge in [-0.3, -0.25) is 9.35 Å². The Balaban J connectivity index is 0. The summed E-state index contributed by atoms with van der Waals surface area (Å²) in [6, 6.07) is 0. The quantitative estimate of drug-likeness (QED) is 0.158. The second-order valence-corrected chi connectivity index (χ2v) is 9.14. The zero-order chi connectivity index (χ0) is 19.9. The molecule has 0 aliphatic carbocycles. The number of Topliss-reactive ketones (excluding diaryl/α,β-unsaturated/α-hetero) is 1. The Morgan fingerprint density at radius 3 is 1.74 bits per heavy atom. The minimum atomic E-state index is -4.55.